The molecule has 1 unspecified atom stereocenters. The van der Waals surface area contributed by atoms with E-state index in [2.05, 4.69) is 5.32 Å². The van der Waals surface area contributed by atoms with Gasteiger partial charge in [-0.2, -0.15) is 0 Å². The van der Waals surface area contributed by atoms with Crippen LogP contribution in [0, 0.1) is 0 Å². The van der Waals surface area contributed by atoms with E-state index >= 15 is 0 Å². The first-order chi connectivity index (χ1) is 4.74. The van der Waals surface area contributed by atoms with Gasteiger partial charge in [0.15, 0.2) is 0 Å². The van der Waals surface area contributed by atoms with Gasteiger partial charge < -0.3 is 11.1 Å². The average Bonchev–Trinajstić information content (AvgIpc) is 1.94. The molecule has 1 atom stereocenters. The predicted molar refractivity (Wildman–Crippen MR) is 43.7 cm³/mol. The summed E-state index contributed by atoms with van der Waals surface area (Å²) in [5, 5.41) is 3.06. The molecule has 3 N–H and O–H groups in total. The molecule has 2 nitrogen and oxygen atoms in total. The van der Waals surface area contributed by atoms with Crippen molar-refractivity contribution in [1.29, 1.82) is 0 Å². The Morgan fingerprint density at radius 2 is 2.50 bits per heavy atom. The molecule has 0 aromatic carbocycles. The van der Waals surface area contributed by atoms with Crippen LogP contribution in [-0.2, 0) is 0 Å². The van der Waals surface area contributed by atoms with E-state index in [0.29, 0.717) is 0 Å². The summed E-state index contributed by atoms with van der Waals surface area (Å²) in [6.45, 7) is 0. The number of allylic oxidation sites excluding steroid dienone is 2. The van der Waals surface area contributed by atoms with E-state index in [9.17, 15) is 0 Å². The highest BCUT2D eigenvalue weighted by Crippen LogP contribution is 2.16. The molecule has 1 aliphatic carbocycles. The van der Waals surface area contributed by atoms with Crippen molar-refractivity contribution in [3.63, 3.8) is 0 Å². The average molecular weight is 159 g/mol. The number of rotatable bonds is 1. The fraction of sp³-hybridized carbons (Fsp3) is 0.429. The van der Waals surface area contributed by atoms with Gasteiger partial charge in [0.25, 0.3) is 0 Å². The standard InChI is InChI=1S/C7H11ClN2/c1-10-7-4-5(8)2-3-6(7)9/h3-5,10H,2,9H2,1H3. The molecule has 0 spiro atoms. The Hall–Kier alpha value is -0.630. The molecule has 0 bridgehead atoms. The Labute approximate surface area is 65.7 Å². The maximum Gasteiger partial charge on any atom is 0.0574 e. The fourth-order valence-electron chi connectivity index (χ4n) is 0.922. The van der Waals surface area contributed by atoms with Crippen molar-refractivity contribution in [3.05, 3.63) is 23.5 Å². The molecule has 0 saturated carbocycles. The summed E-state index contributed by atoms with van der Waals surface area (Å²) in [4.78, 5) is 0. The number of halogens is 1. The molecule has 0 fully saturated rings. The summed E-state index contributed by atoms with van der Waals surface area (Å²) in [7, 11) is 1.83. The first-order valence-electron chi connectivity index (χ1n) is 3.23. The topological polar surface area (TPSA) is 38.0 Å². The lowest BCUT2D eigenvalue weighted by Crippen LogP contribution is -2.19. The second kappa shape index (κ2) is 2.97. The van der Waals surface area contributed by atoms with Gasteiger partial charge in [0.1, 0.15) is 0 Å². The Kier molecular flexibility index (Phi) is 2.22. The zero-order valence-corrected chi connectivity index (χ0v) is 6.65. The molecule has 0 radical (unpaired) electrons. The highest BCUT2D eigenvalue weighted by Gasteiger charge is 2.08. The van der Waals surface area contributed by atoms with Crippen molar-refractivity contribution in [1.82, 2.24) is 5.32 Å². The maximum absolute atomic E-state index is 5.84. The number of hydrogen-bond acceptors (Lipinski definition) is 2. The van der Waals surface area contributed by atoms with E-state index in [1.807, 2.05) is 19.2 Å². The van der Waals surface area contributed by atoms with E-state index < -0.39 is 0 Å². The monoisotopic (exact) mass is 158 g/mol. The summed E-state index contributed by atoms with van der Waals surface area (Å²) in [6.07, 6.45) is 4.69. The third kappa shape index (κ3) is 1.45. The van der Waals surface area contributed by atoms with Gasteiger partial charge in [-0.05, 0) is 12.5 Å². The molecule has 1 rings (SSSR count). The van der Waals surface area contributed by atoms with Crippen LogP contribution < -0.4 is 11.1 Å². The number of hydrogen-bond donors (Lipinski definition) is 2. The van der Waals surface area contributed by atoms with Gasteiger partial charge in [0, 0.05) is 7.05 Å². The van der Waals surface area contributed by atoms with Crippen LogP contribution in [0.15, 0.2) is 23.5 Å². The fourth-order valence-corrected chi connectivity index (χ4v) is 1.14. The minimum atomic E-state index is 0.0924. The molecule has 1 aliphatic rings. The molecule has 10 heavy (non-hydrogen) atoms. The van der Waals surface area contributed by atoms with Gasteiger partial charge in [0.05, 0.1) is 16.8 Å². The van der Waals surface area contributed by atoms with Crippen LogP contribution in [0.1, 0.15) is 6.42 Å². The number of likely N-dealkylation sites (N-methyl/N-ethyl adjacent to an activating group) is 1. The third-order valence-corrected chi connectivity index (χ3v) is 1.79. The first-order valence-corrected chi connectivity index (χ1v) is 3.67. The van der Waals surface area contributed by atoms with Crippen LogP contribution >= 0.6 is 11.6 Å². The number of nitrogens with two attached hydrogens (primary N) is 1. The molecule has 56 valence electrons. The molecule has 0 saturated heterocycles. The molecular weight excluding hydrogens is 148 g/mol. The van der Waals surface area contributed by atoms with Crippen molar-refractivity contribution in [3.8, 4) is 0 Å². The molecule has 0 aliphatic heterocycles. The first kappa shape index (κ1) is 7.48. The van der Waals surface area contributed by atoms with Crippen molar-refractivity contribution in [2.24, 2.45) is 5.73 Å². The third-order valence-electron chi connectivity index (χ3n) is 1.49. The lowest BCUT2D eigenvalue weighted by Gasteiger charge is -2.14. The van der Waals surface area contributed by atoms with E-state index in [-0.39, 0.29) is 5.38 Å². The lowest BCUT2D eigenvalue weighted by atomic mass is 10.1. The molecular formula is C7H11ClN2. The number of alkyl halides is 1. The maximum atomic E-state index is 5.84. The zero-order chi connectivity index (χ0) is 7.56. The Morgan fingerprint density at radius 1 is 1.80 bits per heavy atom. The molecule has 0 aromatic rings. The second-order valence-electron chi connectivity index (χ2n) is 2.24. The minimum Gasteiger partial charge on any atom is -0.397 e. The van der Waals surface area contributed by atoms with E-state index in [4.69, 9.17) is 17.3 Å². The van der Waals surface area contributed by atoms with Gasteiger partial charge in [-0.3, -0.25) is 0 Å². The summed E-state index contributed by atoms with van der Waals surface area (Å²) in [6, 6.07) is 0. The Bertz CT molecular complexity index is 184. The summed E-state index contributed by atoms with van der Waals surface area (Å²) >= 11 is 5.84. The Balaban J connectivity index is 2.74. The largest absolute Gasteiger partial charge is 0.397 e. The molecule has 0 heterocycles. The zero-order valence-electron chi connectivity index (χ0n) is 5.89. The van der Waals surface area contributed by atoms with E-state index in [0.717, 1.165) is 17.8 Å². The van der Waals surface area contributed by atoms with E-state index in [1.165, 1.54) is 0 Å². The predicted octanol–water partition coefficient (Wildman–Crippen LogP) is 0.943. The SMILES string of the molecule is CNC1=CC(Cl)CC=C1N. The lowest BCUT2D eigenvalue weighted by molar-refractivity contribution is 0.905. The minimum absolute atomic E-state index is 0.0924. The molecule has 3 heteroatoms. The van der Waals surface area contributed by atoms with Crippen LogP contribution in [0.25, 0.3) is 0 Å². The van der Waals surface area contributed by atoms with Crippen LogP contribution in [0.4, 0.5) is 0 Å². The summed E-state index contributed by atoms with van der Waals surface area (Å²) < 4.78 is 0. The normalized spacial score (nSPS) is 25.2. The van der Waals surface area contributed by atoms with Gasteiger partial charge in [-0.25, -0.2) is 0 Å². The van der Waals surface area contributed by atoms with Crippen LogP contribution in [0.5, 0.6) is 0 Å². The van der Waals surface area contributed by atoms with Gasteiger partial charge in [0.2, 0.25) is 0 Å². The van der Waals surface area contributed by atoms with Crippen molar-refractivity contribution >= 4 is 11.6 Å². The van der Waals surface area contributed by atoms with Crippen LogP contribution in [-0.4, -0.2) is 12.4 Å². The smallest absolute Gasteiger partial charge is 0.0574 e. The molecule has 0 amide bonds. The van der Waals surface area contributed by atoms with Gasteiger partial charge in [-0.1, -0.05) is 6.08 Å². The van der Waals surface area contributed by atoms with Gasteiger partial charge >= 0.3 is 0 Å². The van der Waals surface area contributed by atoms with Crippen molar-refractivity contribution in [2.45, 2.75) is 11.8 Å². The van der Waals surface area contributed by atoms with Crippen LogP contribution in [0.2, 0.25) is 0 Å². The van der Waals surface area contributed by atoms with Crippen LogP contribution in [0.3, 0.4) is 0 Å². The van der Waals surface area contributed by atoms with Gasteiger partial charge in [-0.15, -0.1) is 11.6 Å². The Morgan fingerprint density at radius 3 is 3.00 bits per heavy atom. The van der Waals surface area contributed by atoms with Crippen molar-refractivity contribution in [2.75, 3.05) is 7.05 Å². The summed E-state index contributed by atoms with van der Waals surface area (Å²) in [5.41, 5.74) is 7.35. The second-order valence-corrected chi connectivity index (χ2v) is 2.80. The van der Waals surface area contributed by atoms with Crippen molar-refractivity contribution < 1.29 is 0 Å². The molecule has 0 aromatic heterocycles. The highest BCUT2D eigenvalue weighted by molar-refractivity contribution is 6.22. The highest BCUT2D eigenvalue weighted by atomic mass is 35.5. The quantitative estimate of drug-likeness (QED) is 0.558. The van der Waals surface area contributed by atoms with E-state index in [1.54, 1.807) is 0 Å². The number of nitrogens with one attached hydrogen (secondary N) is 1. The summed E-state index contributed by atoms with van der Waals surface area (Å²) in [5.74, 6) is 0.